The highest BCUT2D eigenvalue weighted by molar-refractivity contribution is 5.87. The Morgan fingerprint density at radius 3 is 2.87 bits per heavy atom. The molecule has 0 spiro atoms. The normalized spacial score (nSPS) is 10.7. The number of aryl methyl sites for hydroxylation is 2. The number of pyridine rings is 1. The molecule has 3 aromatic heterocycles. The van der Waals surface area contributed by atoms with E-state index in [0.29, 0.717) is 11.6 Å². The standard InChI is InChI=1S/C15H17N7O/c1-4-12-11(15-17-8-18-20-15)7-22(21-12)13-5-14(19-10(3)23)16-6-9(13)2/h5-8H,4H2,1-3H3,(H,16,19,23)(H,17,18,20). The molecule has 0 fully saturated rings. The van der Waals surface area contributed by atoms with Crippen LogP contribution < -0.4 is 5.32 Å². The van der Waals surface area contributed by atoms with E-state index in [0.717, 1.165) is 28.9 Å². The summed E-state index contributed by atoms with van der Waals surface area (Å²) in [7, 11) is 0. The first-order valence-corrected chi connectivity index (χ1v) is 7.27. The van der Waals surface area contributed by atoms with Crippen molar-refractivity contribution in [2.75, 3.05) is 5.32 Å². The molecule has 0 saturated heterocycles. The Morgan fingerprint density at radius 1 is 1.39 bits per heavy atom. The number of aromatic amines is 1. The van der Waals surface area contributed by atoms with Crippen molar-refractivity contribution in [2.45, 2.75) is 27.2 Å². The number of hydrogen-bond donors (Lipinski definition) is 2. The van der Waals surface area contributed by atoms with E-state index >= 15 is 0 Å². The Morgan fingerprint density at radius 2 is 2.22 bits per heavy atom. The highest BCUT2D eigenvalue weighted by Crippen LogP contribution is 2.23. The molecule has 0 aliphatic rings. The molecule has 0 atom stereocenters. The second-order valence-corrected chi connectivity index (χ2v) is 5.16. The van der Waals surface area contributed by atoms with Gasteiger partial charge in [-0.3, -0.25) is 9.89 Å². The van der Waals surface area contributed by atoms with Gasteiger partial charge < -0.3 is 5.32 Å². The van der Waals surface area contributed by atoms with Crippen molar-refractivity contribution in [3.8, 4) is 17.1 Å². The van der Waals surface area contributed by atoms with Gasteiger partial charge in [0.25, 0.3) is 0 Å². The van der Waals surface area contributed by atoms with Crippen LogP contribution in [0.4, 0.5) is 5.82 Å². The number of carbonyl (C=O) groups excluding carboxylic acids is 1. The zero-order chi connectivity index (χ0) is 16.4. The fraction of sp³-hybridized carbons (Fsp3) is 0.267. The summed E-state index contributed by atoms with van der Waals surface area (Å²) in [6.45, 7) is 5.43. The lowest BCUT2D eigenvalue weighted by Crippen LogP contribution is -2.09. The zero-order valence-corrected chi connectivity index (χ0v) is 13.2. The Kier molecular flexibility index (Phi) is 3.88. The first-order chi connectivity index (χ1) is 11.1. The molecule has 3 aromatic rings. The number of nitrogens with one attached hydrogen (secondary N) is 2. The number of aromatic nitrogens is 6. The average molecular weight is 311 g/mol. The van der Waals surface area contributed by atoms with E-state index in [4.69, 9.17) is 0 Å². The van der Waals surface area contributed by atoms with Crippen molar-refractivity contribution in [1.82, 2.24) is 29.9 Å². The summed E-state index contributed by atoms with van der Waals surface area (Å²) in [5.41, 5.74) is 3.62. The molecule has 23 heavy (non-hydrogen) atoms. The molecule has 3 heterocycles. The first-order valence-electron chi connectivity index (χ1n) is 7.27. The van der Waals surface area contributed by atoms with Crippen molar-refractivity contribution in [1.29, 1.82) is 0 Å². The predicted octanol–water partition coefficient (Wildman–Crippen LogP) is 1.88. The van der Waals surface area contributed by atoms with Gasteiger partial charge in [0.2, 0.25) is 5.91 Å². The molecule has 0 aliphatic carbocycles. The van der Waals surface area contributed by atoms with Gasteiger partial charge in [-0.25, -0.2) is 14.6 Å². The van der Waals surface area contributed by atoms with Crippen LogP contribution in [-0.4, -0.2) is 35.9 Å². The average Bonchev–Trinajstić information content (AvgIpc) is 3.16. The molecular weight excluding hydrogens is 294 g/mol. The highest BCUT2D eigenvalue weighted by Gasteiger charge is 2.14. The smallest absolute Gasteiger partial charge is 0.222 e. The molecule has 0 radical (unpaired) electrons. The van der Waals surface area contributed by atoms with Crippen LogP contribution in [0.1, 0.15) is 25.1 Å². The minimum atomic E-state index is -0.163. The quantitative estimate of drug-likeness (QED) is 0.766. The van der Waals surface area contributed by atoms with Crippen LogP contribution in [-0.2, 0) is 11.2 Å². The van der Waals surface area contributed by atoms with Gasteiger partial charge in [-0.05, 0) is 18.9 Å². The fourth-order valence-corrected chi connectivity index (χ4v) is 2.34. The SMILES string of the molecule is CCc1nn(-c2cc(NC(C)=O)ncc2C)cc1-c1ncn[nH]1. The lowest BCUT2D eigenvalue weighted by molar-refractivity contribution is -0.114. The number of anilines is 1. The first kappa shape index (κ1) is 14.9. The summed E-state index contributed by atoms with van der Waals surface area (Å²) < 4.78 is 1.78. The van der Waals surface area contributed by atoms with Crippen LogP contribution in [0.5, 0.6) is 0 Å². The minimum Gasteiger partial charge on any atom is -0.311 e. The number of carbonyl (C=O) groups is 1. The van der Waals surface area contributed by atoms with Gasteiger partial charge in [-0.1, -0.05) is 6.92 Å². The van der Waals surface area contributed by atoms with E-state index < -0.39 is 0 Å². The lowest BCUT2D eigenvalue weighted by Gasteiger charge is -2.08. The van der Waals surface area contributed by atoms with Crippen LogP contribution in [0, 0.1) is 6.92 Å². The molecule has 0 unspecified atom stereocenters. The fourth-order valence-electron chi connectivity index (χ4n) is 2.34. The summed E-state index contributed by atoms with van der Waals surface area (Å²) in [5.74, 6) is 1.01. The highest BCUT2D eigenvalue weighted by atomic mass is 16.1. The molecule has 0 bridgehead atoms. The Balaban J connectivity index is 2.07. The number of amides is 1. The number of rotatable bonds is 4. The summed E-state index contributed by atoms with van der Waals surface area (Å²) >= 11 is 0. The second kappa shape index (κ2) is 5.99. The van der Waals surface area contributed by atoms with E-state index in [1.807, 2.05) is 20.0 Å². The third kappa shape index (κ3) is 2.96. The van der Waals surface area contributed by atoms with Crippen molar-refractivity contribution in [2.24, 2.45) is 0 Å². The Labute approximate surface area is 133 Å². The van der Waals surface area contributed by atoms with Gasteiger partial charge in [-0.2, -0.15) is 10.2 Å². The molecule has 0 saturated carbocycles. The summed E-state index contributed by atoms with van der Waals surface area (Å²) in [6.07, 6.45) is 5.85. The monoisotopic (exact) mass is 311 g/mol. The van der Waals surface area contributed by atoms with E-state index in [9.17, 15) is 4.79 Å². The van der Waals surface area contributed by atoms with Gasteiger partial charge in [-0.15, -0.1) is 0 Å². The predicted molar refractivity (Wildman–Crippen MR) is 85.2 cm³/mol. The van der Waals surface area contributed by atoms with Gasteiger partial charge in [0.15, 0.2) is 5.82 Å². The minimum absolute atomic E-state index is 0.163. The van der Waals surface area contributed by atoms with Crippen LogP contribution in [0.15, 0.2) is 24.8 Å². The molecule has 1 amide bonds. The maximum atomic E-state index is 11.2. The molecule has 3 rings (SSSR count). The van der Waals surface area contributed by atoms with E-state index in [1.165, 1.54) is 13.3 Å². The molecule has 8 heteroatoms. The molecule has 118 valence electrons. The largest absolute Gasteiger partial charge is 0.311 e. The van der Waals surface area contributed by atoms with E-state index in [-0.39, 0.29) is 5.91 Å². The maximum absolute atomic E-state index is 11.2. The lowest BCUT2D eigenvalue weighted by atomic mass is 10.2. The van der Waals surface area contributed by atoms with Crippen LogP contribution >= 0.6 is 0 Å². The van der Waals surface area contributed by atoms with Crippen LogP contribution in [0.2, 0.25) is 0 Å². The Bertz CT molecular complexity index is 836. The number of H-pyrrole nitrogens is 1. The van der Waals surface area contributed by atoms with Gasteiger partial charge in [0, 0.05) is 25.4 Å². The number of nitrogens with zero attached hydrogens (tertiary/aromatic N) is 5. The third-order valence-electron chi connectivity index (χ3n) is 3.42. The molecule has 0 aliphatic heterocycles. The van der Waals surface area contributed by atoms with Gasteiger partial charge in [0.05, 0.1) is 16.9 Å². The van der Waals surface area contributed by atoms with E-state index in [1.54, 1.807) is 16.9 Å². The van der Waals surface area contributed by atoms with Crippen LogP contribution in [0.3, 0.4) is 0 Å². The molecule has 2 N–H and O–H groups in total. The van der Waals surface area contributed by atoms with Crippen molar-refractivity contribution in [3.05, 3.63) is 36.0 Å². The summed E-state index contributed by atoms with van der Waals surface area (Å²) in [5, 5.41) is 14.1. The summed E-state index contributed by atoms with van der Waals surface area (Å²) in [4.78, 5) is 19.6. The zero-order valence-electron chi connectivity index (χ0n) is 13.2. The van der Waals surface area contributed by atoms with Crippen molar-refractivity contribution < 1.29 is 4.79 Å². The maximum Gasteiger partial charge on any atom is 0.222 e. The molecule has 8 nitrogen and oxygen atoms in total. The van der Waals surface area contributed by atoms with Gasteiger partial charge in [0.1, 0.15) is 12.1 Å². The second-order valence-electron chi connectivity index (χ2n) is 5.16. The molecule has 0 aromatic carbocycles. The summed E-state index contributed by atoms with van der Waals surface area (Å²) in [6, 6.07) is 1.80. The van der Waals surface area contributed by atoms with E-state index in [2.05, 4.69) is 30.6 Å². The van der Waals surface area contributed by atoms with Gasteiger partial charge >= 0.3 is 0 Å². The Hall–Kier alpha value is -3.03. The topological polar surface area (TPSA) is 101 Å². The number of hydrogen-bond acceptors (Lipinski definition) is 5. The van der Waals surface area contributed by atoms with Crippen molar-refractivity contribution in [3.63, 3.8) is 0 Å². The third-order valence-corrected chi connectivity index (χ3v) is 3.42. The molecular formula is C15H17N7O. The van der Waals surface area contributed by atoms with Crippen LogP contribution in [0.25, 0.3) is 17.1 Å². The van der Waals surface area contributed by atoms with Crippen molar-refractivity contribution >= 4 is 11.7 Å².